The fourth-order valence-corrected chi connectivity index (χ4v) is 3.15. The Balaban J connectivity index is 2.17. The predicted molar refractivity (Wildman–Crippen MR) is 95.5 cm³/mol. The molecule has 0 saturated heterocycles. The van der Waals surface area contributed by atoms with Crippen molar-refractivity contribution in [1.29, 1.82) is 0 Å². The quantitative estimate of drug-likeness (QED) is 0.629. The van der Waals surface area contributed by atoms with Gasteiger partial charge in [0.2, 0.25) is 0 Å². The fraction of sp³-hybridized carbons (Fsp3) is 0.158. The van der Waals surface area contributed by atoms with E-state index in [0.717, 1.165) is 17.5 Å². The monoisotopic (exact) mass is 320 g/mol. The average molecular weight is 320 g/mol. The van der Waals surface area contributed by atoms with E-state index in [1.165, 1.54) is 0 Å². The van der Waals surface area contributed by atoms with Gasteiger partial charge in [0.05, 0.1) is 11.3 Å². The zero-order valence-corrected chi connectivity index (χ0v) is 13.5. The molecular weight excluding hydrogens is 300 g/mol. The van der Waals surface area contributed by atoms with Crippen molar-refractivity contribution in [2.45, 2.75) is 19.3 Å². The van der Waals surface area contributed by atoms with Gasteiger partial charge in [-0.2, -0.15) is 5.10 Å². The summed E-state index contributed by atoms with van der Waals surface area (Å²) in [5, 5.41) is 6.88. The maximum atomic E-state index is 12.0. The van der Waals surface area contributed by atoms with Crippen LogP contribution in [-0.4, -0.2) is 16.1 Å². The molecule has 0 aliphatic carbocycles. The third-order valence-corrected chi connectivity index (χ3v) is 4.29. The third-order valence-electron chi connectivity index (χ3n) is 4.29. The molecule has 24 heavy (non-hydrogen) atoms. The van der Waals surface area contributed by atoms with Crippen molar-refractivity contribution in [2.75, 3.05) is 5.73 Å². The molecule has 0 radical (unpaired) electrons. The van der Waals surface area contributed by atoms with E-state index < -0.39 is 5.91 Å². The number of rotatable bonds is 5. The van der Waals surface area contributed by atoms with E-state index in [-0.39, 0.29) is 5.92 Å². The molecule has 1 atom stereocenters. The molecule has 1 unspecified atom stereocenters. The molecule has 0 bridgehead atoms. The molecule has 1 amide bonds. The van der Waals surface area contributed by atoms with E-state index in [9.17, 15) is 4.79 Å². The normalized spacial score (nSPS) is 12.0. The van der Waals surface area contributed by atoms with Crippen LogP contribution in [0.3, 0.4) is 0 Å². The molecule has 0 fully saturated rings. The molecule has 0 saturated carbocycles. The van der Waals surface area contributed by atoms with Crippen LogP contribution < -0.4 is 11.5 Å². The molecule has 3 aromatic rings. The van der Waals surface area contributed by atoms with Gasteiger partial charge >= 0.3 is 0 Å². The molecule has 5 heteroatoms. The lowest BCUT2D eigenvalue weighted by molar-refractivity contribution is 0.100. The number of nitrogens with zero attached hydrogens (tertiary/aromatic N) is 1. The van der Waals surface area contributed by atoms with Gasteiger partial charge in [-0.25, -0.2) is 0 Å². The maximum absolute atomic E-state index is 12.0. The Hall–Kier alpha value is -3.08. The van der Waals surface area contributed by atoms with Gasteiger partial charge in [0, 0.05) is 23.4 Å². The Morgan fingerprint density at radius 2 is 1.92 bits per heavy atom. The number of aromatic amines is 1. The lowest BCUT2D eigenvalue weighted by Crippen LogP contribution is -2.17. The minimum atomic E-state index is -0.546. The number of nitrogen functional groups attached to an aromatic ring is 1. The zero-order chi connectivity index (χ0) is 17.1. The highest BCUT2D eigenvalue weighted by atomic mass is 16.1. The van der Waals surface area contributed by atoms with Crippen molar-refractivity contribution in [3.8, 4) is 11.3 Å². The van der Waals surface area contributed by atoms with E-state index in [0.29, 0.717) is 22.5 Å². The van der Waals surface area contributed by atoms with Crippen LogP contribution >= 0.6 is 0 Å². The number of H-pyrrole nitrogens is 1. The fourth-order valence-electron chi connectivity index (χ4n) is 3.15. The van der Waals surface area contributed by atoms with Crippen molar-refractivity contribution in [3.05, 3.63) is 71.4 Å². The van der Waals surface area contributed by atoms with Crippen LogP contribution in [-0.2, 0) is 0 Å². The van der Waals surface area contributed by atoms with Crippen LogP contribution in [0, 0.1) is 0 Å². The number of primary amides is 1. The summed E-state index contributed by atoms with van der Waals surface area (Å²) in [4.78, 5) is 12.0. The molecule has 5 N–H and O–H groups in total. The summed E-state index contributed by atoms with van der Waals surface area (Å²) in [5.74, 6) is -0.437. The number of benzene rings is 2. The van der Waals surface area contributed by atoms with E-state index in [2.05, 4.69) is 29.3 Å². The zero-order valence-electron chi connectivity index (χ0n) is 13.5. The molecule has 5 nitrogen and oxygen atoms in total. The van der Waals surface area contributed by atoms with Crippen molar-refractivity contribution in [3.63, 3.8) is 0 Å². The van der Waals surface area contributed by atoms with E-state index in [4.69, 9.17) is 11.5 Å². The summed E-state index contributed by atoms with van der Waals surface area (Å²) in [6, 6.07) is 15.7. The summed E-state index contributed by atoms with van der Waals surface area (Å²) in [6.45, 7) is 2.10. The van der Waals surface area contributed by atoms with Crippen LogP contribution in [0.25, 0.3) is 11.3 Å². The first kappa shape index (κ1) is 15.8. The second-order valence-corrected chi connectivity index (χ2v) is 5.69. The molecule has 0 aliphatic rings. The molecule has 3 rings (SSSR count). The standard InChI is InChI=1S/C19H20N4O/c1-2-13(12-6-4-3-5-7-12)14-8-9-15(16-10-11-22-23-16)17(18(14)20)19(21)24/h3-11,13H,2,20H2,1H3,(H2,21,24)(H,22,23). The highest BCUT2D eigenvalue weighted by molar-refractivity contribution is 6.05. The van der Waals surface area contributed by atoms with Gasteiger partial charge in [0.25, 0.3) is 5.91 Å². The van der Waals surface area contributed by atoms with Gasteiger partial charge in [-0.15, -0.1) is 0 Å². The van der Waals surface area contributed by atoms with Gasteiger partial charge in [-0.05, 0) is 23.6 Å². The first-order valence-electron chi connectivity index (χ1n) is 7.90. The summed E-state index contributed by atoms with van der Waals surface area (Å²) >= 11 is 0. The van der Waals surface area contributed by atoms with Gasteiger partial charge in [0.15, 0.2) is 0 Å². The third kappa shape index (κ3) is 2.76. The molecule has 0 aliphatic heterocycles. The first-order chi connectivity index (χ1) is 11.6. The van der Waals surface area contributed by atoms with Gasteiger partial charge < -0.3 is 11.5 Å². The molecule has 1 aromatic heterocycles. The second-order valence-electron chi connectivity index (χ2n) is 5.69. The van der Waals surface area contributed by atoms with Crippen LogP contribution in [0.1, 0.15) is 40.7 Å². The van der Waals surface area contributed by atoms with Crippen molar-refractivity contribution in [1.82, 2.24) is 10.2 Å². The second kappa shape index (κ2) is 6.58. The molecule has 2 aromatic carbocycles. The smallest absolute Gasteiger partial charge is 0.251 e. The highest BCUT2D eigenvalue weighted by Gasteiger charge is 2.22. The lowest BCUT2D eigenvalue weighted by atomic mass is 9.85. The Morgan fingerprint density at radius 3 is 2.50 bits per heavy atom. The molecule has 122 valence electrons. The largest absolute Gasteiger partial charge is 0.398 e. The summed E-state index contributed by atoms with van der Waals surface area (Å²) in [6.07, 6.45) is 2.57. The van der Waals surface area contributed by atoms with E-state index in [1.807, 2.05) is 30.3 Å². The predicted octanol–water partition coefficient (Wildman–Crippen LogP) is 3.30. The molecule has 1 heterocycles. The van der Waals surface area contributed by atoms with Gasteiger partial charge in [0.1, 0.15) is 0 Å². The Bertz CT molecular complexity index is 841. The van der Waals surface area contributed by atoms with Crippen molar-refractivity contribution >= 4 is 11.6 Å². The van der Waals surface area contributed by atoms with E-state index >= 15 is 0 Å². The number of anilines is 1. The lowest BCUT2D eigenvalue weighted by Gasteiger charge is -2.20. The minimum absolute atomic E-state index is 0.109. The Kier molecular flexibility index (Phi) is 4.33. The average Bonchev–Trinajstić information content (AvgIpc) is 3.11. The number of carbonyl (C=O) groups is 1. The number of hydrogen-bond acceptors (Lipinski definition) is 3. The van der Waals surface area contributed by atoms with Crippen LogP contribution in [0.15, 0.2) is 54.7 Å². The van der Waals surface area contributed by atoms with Crippen molar-refractivity contribution in [2.24, 2.45) is 5.73 Å². The number of carbonyl (C=O) groups excluding carboxylic acids is 1. The number of nitrogens with one attached hydrogen (secondary N) is 1. The van der Waals surface area contributed by atoms with E-state index in [1.54, 1.807) is 12.3 Å². The Morgan fingerprint density at radius 1 is 1.17 bits per heavy atom. The van der Waals surface area contributed by atoms with Gasteiger partial charge in [-0.1, -0.05) is 49.4 Å². The molecule has 0 spiro atoms. The minimum Gasteiger partial charge on any atom is -0.398 e. The Labute approximate surface area is 140 Å². The summed E-state index contributed by atoms with van der Waals surface area (Å²) in [5.41, 5.74) is 16.1. The highest BCUT2D eigenvalue weighted by Crippen LogP contribution is 2.37. The number of amides is 1. The number of hydrogen-bond donors (Lipinski definition) is 3. The van der Waals surface area contributed by atoms with Crippen molar-refractivity contribution < 1.29 is 4.79 Å². The summed E-state index contributed by atoms with van der Waals surface area (Å²) < 4.78 is 0. The number of aromatic nitrogens is 2. The van der Waals surface area contributed by atoms with Crippen LogP contribution in [0.5, 0.6) is 0 Å². The maximum Gasteiger partial charge on any atom is 0.251 e. The first-order valence-corrected chi connectivity index (χ1v) is 7.90. The van der Waals surface area contributed by atoms with Crippen LogP contribution in [0.2, 0.25) is 0 Å². The molecular formula is C19H20N4O. The van der Waals surface area contributed by atoms with Crippen LogP contribution in [0.4, 0.5) is 5.69 Å². The SMILES string of the molecule is CCC(c1ccccc1)c1ccc(-c2cc[nH]n2)c(C(N)=O)c1N. The summed E-state index contributed by atoms with van der Waals surface area (Å²) in [7, 11) is 0. The van der Waals surface area contributed by atoms with Gasteiger partial charge in [-0.3, -0.25) is 9.89 Å². The number of nitrogens with two attached hydrogens (primary N) is 2. The topological polar surface area (TPSA) is 97.8 Å².